The first-order valence-corrected chi connectivity index (χ1v) is 7.20. The Morgan fingerprint density at radius 2 is 1.94 bits per heavy atom. The topological polar surface area (TPSA) is 49.5 Å². The van der Waals surface area contributed by atoms with Crippen molar-refractivity contribution < 1.29 is 5.11 Å². The van der Waals surface area contributed by atoms with Gasteiger partial charge in [-0.25, -0.2) is 0 Å². The molecule has 0 radical (unpaired) electrons. The predicted octanol–water partition coefficient (Wildman–Crippen LogP) is 1.74. The maximum absolute atomic E-state index is 9.93. The molecule has 0 amide bonds. The SMILES string of the molecule is CC(O)(CN)CCN1CCC2(CCCCC2)C1. The molecule has 3 nitrogen and oxygen atoms in total. The molecule has 17 heavy (non-hydrogen) atoms. The molecule has 2 fully saturated rings. The average Bonchev–Trinajstić information content (AvgIpc) is 2.71. The van der Waals surface area contributed by atoms with Crippen LogP contribution in [0.25, 0.3) is 0 Å². The van der Waals surface area contributed by atoms with E-state index in [1.165, 1.54) is 51.6 Å². The molecule has 2 aliphatic rings. The van der Waals surface area contributed by atoms with Crippen molar-refractivity contribution in [3.8, 4) is 0 Å². The molecule has 0 aromatic carbocycles. The minimum atomic E-state index is -0.678. The van der Waals surface area contributed by atoms with E-state index < -0.39 is 5.60 Å². The van der Waals surface area contributed by atoms with Crippen LogP contribution in [0.2, 0.25) is 0 Å². The average molecular weight is 240 g/mol. The lowest BCUT2D eigenvalue weighted by Crippen LogP contribution is -2.38. The Morgan fingerprint density at radius 1 is 1.24 bits per heavy atom. The second-order valence-corrected chi connectivity index (χ2v) is 6.54. The Kier molecular flexibility index (Phi) is 4.11. The second-order valence-electron chi connectivity index (χ2n) is 6.54. The molecule has 1 spiro atoms. The summed E-state index contributed by atoms with van der Waals surface area (Å²) in [7, 11) is 0. The van der Waals surface area contributed by atoms with Crippen LogP contribution in [0.15, 0.2) is 0 Å². The maximum Gasteiger partial charge on any atom is 0.0753 e. The molecule has 0 bridgehead atoms. The van der Waals surface area contributed by atoms with Crippen molar-refractivity contribution in [2.24, 2.45) is 11.1 Å². The van der Waals surface area contributed by atoms with Crippen molar-refractivity contribution in [3.05, 3.63) is 0 Å². The van der Waals surface area contributed by atoms with E-state index in [2.05, 4.69) is 4.90 Å². The fraction of sp³-hybridized carbons (Fsp3) is 1.00. The van der Waals surface area contributed by atoms with E-state index in [-0.39, 0.29) is 0 Å². The zero-order valence-corrected chi connectivity index (χ0v) is 11.2. The van der Waals surface area contributed by atoms with E-state index in [0.717, 1.165) is 13.0 Å². The molecule has 1 aliphatic carbocycles. The quantitative estimate of drug-likeness (QED) is 0.787. The van der Waals surface area contributed by atoms with E-state index in [1.807, 2.05) is 6.92 Å². The standard InChI is InChI=1S/C14H28N2O/c1-13(17,11-15)7-9-16-10-8-14(12-16)5-3-2-4-6-14/h17H,2-12,15H2,1H3. The van der Waals surface area contributed by atoms with Gasteiger partial charge in [0.15, 0.2) is 0 Å². The number of nitrogens with zero attached hydrogens (tertiary/aromatic N) is 1. The number of rotatable bonds is 4. The molecule has 3 N–H and O–H groups in total. The highest BCUT2D eigenvalue weighted by Crippen LogP contribution is 2.43. The van der Waals surface area contributed by atoms with E-state index in [0.29, 0.717) is 12.0 Å². The minimum Gasteiger partial charge on any atom is -0.389 e. The lowest BCUT2D eigenvalue weighted by Gasteiger charge is -2.33. The monoisotopic (exact) mass is 240 g/mol. The Hall–Kier alpha value is -0.120. The lowest BCUT2D eigenvalue weighted by atomic mass is 9.73. The summed E-state index contributed by atoms with van der Waals surface area (Å²) in [6.45, 7) is 5.70. The first-order chi connectivity index (χ1) is 8.05. The number of aliphatic hydroxyl groups is 1. The Balaban J connectivity index is 1.78. The molecular formula is C14H28N2O. The highest BCUT2D eigenvalue weighted by atomic mass is 16.3. The van der Waals surface area contributed by atoms with Crippen molar-refractivity contribution in [1.29, 1.82) is 0 Å². The van der Waals surface area contributed by atoms with Gasteiger partial charge < -0.3 is 15.7 Å². The molecule has 2 rings (SSSR count). The number of nitrogens with two attached hydrogens (primary N) is 1. The zero-order valence-electron chi connectivity index (χ0n) is 11.2. The van der Waals surface area contributed by atoms with Crippen LogP contribution in [0.3, 0.4) is 0 Å². The molecule has 1 saturated carbocycles. The summed E-state index contributed by atoms with van der Waals surface area (Å²) in [4.78, 5) is 2.54. The summed E-state index contributed by atoms with van der Waals surface area (Å²) in [5.41, 5.74) is 5.51. The third-order valence-corrected chi connectivity index (χ3v) is 4.84. The first kappa shape index (κ1) is 13.3. The van der Waals surface area contributed by atoms with Crippen LogP contribution in [-0.4, -0.2) is 41.8 Å². The summed E-state index contributed by atoms with van der Waals surface area (Å²) >= 11 is 0. The normalized spacial score (nSPS) is 28.4. The van der Waals surface area contributed by atoms with Gasteiger partial charge in [0.05, 0.1) is 5.60 Å². The molecule has 3 heteroatoms. The molecule has 1 aliphatic heterocycles. The smallest absolute Gasteiger partial charge is 0.0753 e. The zero-order chi connectivity index (χ0) is 12.4. The molecule has 1 saturated heterocycles. The van der Waals surface area contributed by atoms with Crippen LogP contribution >= 0.6 is 0 Å². The molecule has 1 atom stereocenters. The third kappa shape index (κ3) is 3.43. The van der Waals surface area contributed by atoms with Crippen LogP contribution in [-0.2, 0) is 0 Å². The number of hydrogen-bond acceptors (Lipinski definition) is 3. The van der Waals surface area contributed by atoms with Crippen LogP contribution in [0.4, 0.5) is 0 Å². The molecule has 1 unspecified atom stereocenters. The largest absolute Gasteiger partial charge is 0.389 e. The molecule has 1 heterocycles. The van der Waals surface area contributed by atoms with Gasteiger partial charge in [-0.2, -0.15) is 0 Å². The van der Waals surface area contributed by atoms with Gasteiger partial charge in [-0.1, -0.05) is 19.3 Å². The van der Waals surface area contributed by atoms with E-state index in [4.69, 9.17) is 5.73 Å². The van der Waals surface area contributed by atoms with Crippen molar-refractivity contribution in [2.75, 3.05) is 26.2 Å². The Bertz CT molecular complexity index is 247. The van der Waals surface area contributed by atoms with Crippen LogP contribution in [0.5, 0.6) is 0 Å². The minimum absolute atomic E-state index is 0.367. The first-order valence-electron chi connectivity index (χ1n) is 7.20. The second kappa shape index (κ2) is 5.25. The van der Waals surface area contributed by atoms with E-state index >= 15 is 0 Å². The summed E-state index contributed by atoms with van der Waals surface area (Å²) in [5.74, 6) is 0. The van der Waals surface area contributed by atoms with Crippen LogP contribution in [0.1, 0.15) is 51.9 Å². The van der Waals surface area contributed by atoms with Gasteiger partial charge in [0.2, 0.25) is 0 Å². The van der Waals surface area contributed by atoms with Crippen molar-refractivity contribution in [3.63, 3.8) is 0 Å². The fourth-order valence-corrected chi connectivity index (χ4v) is 3.43. The lowest BCUT2D eigenvalue weighted by molar-refractivity contribution is 0.0482. The van der Waals surface area contributed by atoms with Gasteiger partial charge in [0.25, 0.3) is 0 Å². The number of hydrogen-bond donors (Lipinski definition) is 2. The maximum atomic E-state index is 9.93. The van der Waals surface area contributed by atoms with Crippen molar-refractivity contribution in [1.82, 2.24) is 4.90 Å². The summed E-state index contributed by atoms with van der Waals surface area (Å²) in [6, 6.07) is 0. The van der Waals surface area contributed by atoms with Gasteiger partial charge in [0, 0.05) is 19.6 Å². The highest BCUT2D eigenvalue weighted by molar-refractivity contribution is 4.92. The van der Waals surface area contributed by atoms with Gasteiger partial charge in [0.1, 0.15) is 0 Å². The van der Waals surface area contributed by atoms with Crippen LogP contribution < -0.4 is 5.73 Å². The summed E-state index contributed by atoms with van der Waals surface area (Å²) < 4.78 is 0. The summed E-state index contributed by atoms with van der Waals surface area (Å²) in [5, 5.41) is 9.93. The van der Waals surface area contributed by atoms with Gasteiger partial charge in [-0.3, -0.25) is 0 Å². The highest BCUT2D eigenvalue weighted by Gasteiger charge is 2.38. The summed E-state index contributed by atoms with van der Waals surface area (Å²) in [6.07, 6.45) is 9.32. The Morgan fingerprint density at radius 3 is 2.59 bits per heavy atom. The van der Waals surface area contributed by atoms with E-state index in [9.17, 15) is 5.11 Å². The molecule has 100 valence electrons. The fourth-order valence-electron chi connectivity index (χ4n) is 3.43. The van der Waals surface area contributed by atoms with Crippen LogP contribution in [0, 0.1) is 5.41 Å². The van der Waals surface area contributed by atoms with Gasteiger partial charge in [-0.15, -0.1) is 0 Å². The van der Waals surface area contributed by atoms with E-state index in [1.54, 1.807) is 0 Å². The number of likely N-dealkylation sites (tertiary alicyclic amines) is 1. The predicted molar refractivity (Wildman–Crippen MR) is 70.9 cm³/mol. The Labute approximate surface area is 105 Å². The molecular weight excluding hydrogens is 212 g/mol. The van der Waals surface area contributed by atoms with Gasteiger partial charge >= 0.3 is 0 Å². The molecule has 0 aromatic heterocycles. The third-order valence-electron chi connectivity index (χ3n) is 4.84. The van der Waals surface area contributed by atoms with Crippen molar-refractivity contribution >= 4 is 0 Å². The molecule has 0 aromatic rings. The van der Waals surface area contributed by atoms with Crippen molar-refractivity contribution in [2.45, 2.75) is 57.5 Å². The van der Waals surface area contributed by atoms with Gasteiger partial charge in [-0.05, 0) is 44.6 Å².